The Bertz CT molecular complexity index is 829. The summed E-state index contributed by atoms with van der Waals surface area (Å²) in [5.41, 5.74) is 0.307. The molecule has 1 aliphatic heterocycles. The van der Waals surface area contributed by atoms with Gasteiger partial charge in [0.25, 0.3) is 5.91 Å². The third-order valence-corrected chi connectivity index (χ3v) is 5.17. The second-order valence-corrected chi connectivity index (χ2v) is 7.51. The minimum absolute atomic E-state index is 0.109. The number of carbonyl (C=O) groups excluding carboxylic acids is 1. The maximum atomic E-state index is 13.4. The Kier molecular flexibility index (Phi) is 6.02. The first kappa shape index (κ1) is 19.6. The van der Waals surface area contributed by atoms with Crippen LogP contribution in [0.25, 0.3) is 0 Å². The monoisotopic (exact) mass is 391 g/mol. The summed E-state index contributed by atoms with van der Waals surface area (Å²) in [7, 11) is 0. The average molecular weight is 392 g/mol. The number of aliphatic hydroxyl groups is 1. The van der Waals surface area contributed by atoms with Crippen LogP contribution < -0.4 is 4.74 Å². The fraction of sp³-hybridized carbons (Fsp3) is 0.381. The number of hydrogen-bond acceptors (Lipinski definition) is 3. The zero-order chi connectivity index (χ0) is 19.4. The van der Waals surface area contributed by atoms with Gasteiger partial charge in [0.1, 0.15) is 23.8 Å². The number of carbonyl (C=O) groups is 1. The van der Waals surface area contributed by atoms with Gasteiger partial charge >= 0.3 is 0 Å². The standard InChI is InChI=1S/C21H23ClFNO3/c1-15-6-7-18(22)19(12-15)27-14-21(26)8-3-10-24(11-9-21)20(25)16-4-2-5-17(23)13-16/h2,4-7,12-13,26H,3,8-11,14H2,1H3. The molecule has 2 aromatic carbocycles. The van der Waals surface area contributed by atoms with Gasteiger partial charge < -0.3 is 14.7 Å². The van der Waals surface area contributed by atoms with Crippen molar-refractivity contribution in [3.63, 3.8) is 0 Å². The maximum absolute atomic E-state index is 13.4. The number of nitrogens with zero attached hydrogens (tertiary/aromatic N) is 1. The van der Waals surface area contributed by atoms with Crippen LogP contribution in [0, 0.1) is 12.7 Å². The third-order valence-electron chi connectivity index (χ3n) is 4.86. The molecule has 1 saturated heterocycles. The van der Waals surface area contributed by atoms with E-state index in [2.05, 4.69) is 0 Å². The lowest BCUT2D eigenvalue weighted by molar-refractivity contribution is -0.0163. The Balaban J connectivity index is 1.63. The maximum Gasteiger partial charge on any atom is 0.253 e. The fourth-order valence-electron chi connectivity index (χ4n) is 3.26. The molecule has 4 nitrogen and oxygen atoms in total. The van der Waals surface area contributed by atoms with Crippen LogP contribution in [-0.4, -0.2) is 41.2 Å². The zero-order valence-electron chi connectivity index (χ0n) is 15.3. The van der Waals surface area contributed by atoms with Crippen molar-refractivity contribution in [3.05, 3.63) is 64.4 Å². The van der Waals surface area contributed by atoms with Crippen LogP contribution >= 0.6 is 11.6 Å². The first-order chi connectivity index (χ1) is 12.9. The van der Waals surface area contributed by atoms with Crippen LogP contribution in [0.15, 0.2) is 42.5 Å². The SMILES string of the molecule is Cc1ccc(Cl)c(OCC2(O)CCCN(C(=O)c3cccc(F)c3)CC2)c1. The molecule has 0 bridgehead atoms. The molecule has 1 atom stereocenters. The van der Waals surface area contributed by atoms with E-state index < -0.39 is 11.4 Å². The summed E-state index contributed by atoms with van der Waals surface area (Å²) >= 11 is 6.15. The second-order valence-electron chi connectivity index (χ2n) is 7.10. The van der Waals surface area contributed by atoms with Crippen molar-refractivity contribution >= 4 is 17.5 Å². The molecule has 3 rings (SSSR count). The molecule has 1 heterocycles. The normalized spacial score (nSPS) is 20.2. The van der Waals surface area contributed by atoms with E-state index in [1.165, 1.54) is 18.2 Å². The van der Waals surface area contributed by atoms with Crippen molar-refractivity contribution in [2.24, 2.45) is 0 Å². The summed E-state index contributed by atoms with van der Waals surface area (Å²) < 4.78 is 19.2. The molecular formula is C21H23ClFNO3. The number of likely N-dealkylation sites (tertiary alicyclic amines) is 1. The van der Waals surface area contributed by atoms with Gasteiger partial charge in [-0.05, 0) is 62.1 Å². The van der Waals surface area contributed by atoms with Crippen molar-refractivity contribution in [2.75, 3.05) is 19.7 Å². The Morgan fingerprint density at radius 3 is 2.85 bits per heavy atom. The predicted molar refractivity (Wildman–Crippen MR) is 103 cm³/mol. The summed E-state index contributed by atoms with van der Waals surface area (Å²) in [6.07, 6.45) is 1.54. The molecule has 0 aromatic heterocycles. The molecule has 0 saturated carbocycles. The molecule has 1 amide bonds. The van der Waals surface area contributed by atoms with Crippen LogP contribution in [0.5, 0.6) is 5.75 Å². The summed E-state index contributed by atoms with van der Waals surface area (Å²) in [6, 6.07) is 11.2. The van der Waals surface area contributed by atoms with Crippen LogP contribution in [0.4, 0.5) is 4.39 Å². The van der Waals surface area contributed by atoms with Gasteiger partial charge in [-0.2, -0.15) is 0 Å². The molecule has 144 valence electrons. The lowest BCUT2D eigenvalue weighted by Crippen LogP contribution is -2.38. The summed E-state index contributed by atoms with van der Waals surface area (Å²) in [5.74, 6) is -0.112. The van der Waals surface area contributed by atoms with Gasteiger partial charge in [-0.25, -0.2) is 4.39 Å². The minimum atomic E-state index is -1.04. The van der Waals surface area contributed by atoms with E-state index in [1.54, 1.807) is 17.0 Å². The van der Waals surface area contributed by atoms with Crippen molar-refractivity contribution in [2.45, 2.75) is 31.8 Å². The molecule has 2 aromatic rings. The van der Waals surface area contributed by atoms with E-state index >= 15 is 0 Å². The molecule has 1 N–H and O–H groups in total. The van der Waals surface area contributed by atoms with E-state index in [1.807, 2.05) is 19.1 Å². The average Bonchev–Trinajstić information content (AvgIpc) is 2.84. The van der Waals surface area contributed by atoms with Crippen LogP contribution in [0.2, 0.25) is 5.02 Å². The lowest BCUT2D eigenvalue weighted by atomic mass is 9.96. The Morgan fingerprint density at radius 2 is 2.07 bits per heavy atom. The number of amides is 1. The summed E-state index contributed by atoms with van der Waals surface area (Å²) in [5, 5.41) is 11.4. The molecule has 0 spiro atoms. The second kappa shape index (κ2) is 8.28. The Labute approximate surface area is 163 Å². The first-order valence-corrected chi connectivity index (χ1v) is 9.40. The summed E-state index contributed by atoms with van der Waals surface area (Å²) in [6.45, 7) is 2.96. The van der Waals surface area contributed by atoms with Crippen molar-refractivity contribution < 1.29 is 19.0 Å². The highest BCUT2D eigenvalue weighted by Gasteiger charge is 2.33. The highest BCUT2D eigenvalue weighted by atomic mass is 35.5. The van der Waals surface area contributed by atoms with Gasteiger partial charge in [0.15, 0.2) is 0 Å². The number of hydrogen-bond donors (Lipinski definition) is 1. The molecule has 27 heavy (non-hydrogen) atoms. The molecule has 1 aliphatic rings. The number of benzene rings is 2. The minimum Gasteiger partial charge on any atom is -0.489 e. The van der Waals surface area contributed by atoms with Crippen LogP contribution in [-0.2, 0) is 0 Å². The third kappa shape index (κ3) is 4.99. The van der Waals surface area contributed by atoms with Crippen molar-refractivity contribution in [3.8, 4) is 5.75 Å². The zero-order valence-corrected chi connectivity index (χ0v) is 16.0. The molecule has 6 heteroatoms. The number of ether oxygens (including phenoxy) is 1. The Morgan fingerprint density at radius 1 is 1.26 bits per heavy atom. The van der Waals surface area contributed by atoms with Gasteiger partial charge in [-0.3, -0.25) is 4.79 Å². The molecule has 0 radical (unpaired) electrons. The van der Waals surface area contributed by atoms with Gasteiger partial charge in [-0.15, -0.1) is 0 Å². The van der Waals surface area contributed by atoms with E-state index in [9.17, 15) is 14.3 Å². The van der Waals surface area contributed by atoms with Gasteiger partial charge in [-0.1, -0.05) is 23.7 Å². The molecule has 1 fully saturated rings. The van der Waals surface area contributed by atoms with E-state index in [-0.39, 0.29) is 12.5 Å². The van der Waals surface area contributed by atoms with Gasteiger partial charge in [0.2, 0.25) is 0 Å². The fourth-order valence-corrected chi connectivity index (χ4v) is 3.44. The van der Waals surface area contributed by atoms with Crippen LogP contribution in [0.3, 0.4) is 0 Å². The van der Waals surface area contributed by atoms with Gasteiger partial charge in [0.05, 0.1) is 5.02 Å². The van der Waals surface area contributed by atoms with E-state index in [4.69, 9.17) is 16.3 Å². The predicted octanol–water partition coefficient (Wildman–Crippen LogP) is 4.22. The van der Waals surface area contributed by atoms with Crippen LogP contribution in [0.1, 0.15) is 35.2 Å². The van der Waals surface area contributed by atoms with E-state index in [0.717, 1.165) is 5.56 Å². The Hall–Kier alpha value is -2.11. The molecule has 1 unspecified atom stereocenters. The number of aryl methyl sites for hydroxylation is 1. The number of rotatable bonds is 4. The van der Waals surface area contributed by atoms with Crippen molar-refractivity contribution in [1.82, 2.24) is 4.90 Å². The topological polar surface area (TPSA) is 49.8 Å². The quantitative estimate of drug-likeness (QED) is 0.848. The van der Waals surface area contributed by atoms with E-state index in [0.29, 0.717) is 48.7 Å². The first-order valence-electron chi connectivity index (χ1n) is 9.02. The molecule has 0 aliphatic carbocycles. The largest absolute Gasteiger partial charge is 0.489 e. The van der Waals surface area contributed by atoms with Gasteiger partial charge in [0, 0.05) is 18.7 Å². The van der Waals surface area contributed by atoms with Crippen molar-refractivity contribution in [1.29, 1.82) is 0 Å². The summed E-state index contributed by atoms with van der Waals surface area (Å²) in [4.78, 5) is 14.3. The highest BCUT2D eigenvalue weighted by molar-refractivity contribution is 6.32. The smallest absolute Gasteiger partial charge is 0.253 e. The lowest BCUT2D eigenvalue weighted by Gasteiger charge is -2.27. The number of halogens is 2. The molecular weight excluding hydrogens is 369 g/mol. The highest BCUT2D eigenvalue weighted by Crippen LogP contribution is 2.29.